The number of aromatic nitrogens is 1. The molecule has 7 nitrogen and oxygen atoms in total. The first-order chi connectivity index (χ1) is 10.4. The van der Waals surface area contributed by atoms with E-state index in [1.54, 1.807) is 12.3 Å². The zero-order valence-electron chi connectivity index (χ0n) is 12.9. The van der Waals surface area contributed by atoms with Crippen LogP contribution in [0.3, 0.4) is 0 Å². The lowest BCUT2D eigenvalue weighted by Crippen LogP contribution is -2.34. The molecule has 0 saturated carbocycles. The number of carbonyl (C=O) groups is 1. The van der Waals surface area contributed by atoms with Crippen molar-refractivity contribution in [2.75, 3.05) is 43.2 Å². The summed E-state index contributed by atoms with van der Waals surface area (Å²) in [5.74, 6) is 0.520. The number of hydrogen-bond donors (Lipinski definition) is 1. The number of piperidine rings is 1. The van der Waals surface area contributed by atoms with Gasteiger partial charge in [-0.15, -0.1) is 0 Å². The van der Waals surface area contributed by atoms with Gasteiger partial charge in [0.1, 0.15) is 5.82 Å². The van der Waals surface area contributed by atoms with E-state index in [-0.39, 0.29) is 12.5 Å². The summed E-state index contributed by atoms with van der Waals surface area (Å²) in [5.41, 5.74) is 0.563. The molecule has 0 radical (unpaired) electrons. The zero-order chi connectivity index (χ0) is 16.2. The maximum Gasteiger partial charge on any atom is 0.239 e. The first-order valence-electron chi connectivity index (χ1n) is 7.28. The van der Waals surface area contributed by atoms with E-state index in [4.69, 9.17) is 0 Å². The lowest BCUT2D eigenvalue weighted by molar-refractivity contribution is -0.116. The van der Waals surface area contributed by atoms with Crippen LogP contribution in [0.25, 0.3) is 0 Å². The van der Waals surface area contributed by atoms with Crippen LogP contribution in [-0.2, 0) is 14.8 Å². The van der Waals surface area contributed by atoms with Crippen molar-refractivity contribution in [3.63, 3.8) is 0 Å². The molecule has 0 aromatic carbocycles. The number of nitrogens with zero attached hydrogens (tertiary/aromatic N) is 3. The maximum atomic E-state index is 11.8. The smallest absolute Gasteiger partial charge is 0.239 e. The quantitative estimate of drug-likeness (QED) is 0.869. The molecule has 22 heavy (non-hydrogen) atoms. The van der Waals surface area contributed by atoms with Crippen molar-refractivity contribution >= 4 is 27.4 Å². The fourth-order valence-electron chi connectivity index (χ4n) is 2.29. The van der Waals surface area contributed by atoms with Gasteiger partial charge in [-0.1, -0.05) is 0 Å². The first kappa shape index (κ1) is 16.7. The summed E-state index contributed by atoms with van der Waals surface area (Å²) in [5, 5.41) is 2.65. The number of hydrogen-bond acceptors (Lipinski definition) is 5. The number of carbonyl (C=O) groups excluding carboxylic acids is 1. The Bertz CT molecular complexity index is 609. The molecule has 2 rings (SSSR count). The average molecular weight is 326 g/mol. The van der Waals surface area contributed by atoms with E-state index in [1.807, 2.05) is 6.07 Å². The SMILES string of the molecule is CN(CC(=O)Nc1ccc(N2CCCCC2)nc1)S(C)(=O)=O. The van der Waals surface area contributed by atoms with Crippen LogP contribution in [0.4, 0.5) is 11.5 Å². The molecule has 0 spiro atoms. The molecule has 1 aromatic rings. The number of nitrogens with one attached hydrogen (secondary N) is 1. The van der Waals surface area contributed by atoms with Crippen LogP contribution >= 0.6 is 0 Å². The molecule has 2 heterocycles. The fraction of sp³-hybridized carbons (Fsp3) is 0.571. The van der Waals surface area contributed by atoms with Crippen LogP contribution in [0.2, 0.25) is 0 Å². The Morgan fingerprint density at radius 1 is 1.32 bits per heavy atom. The highest BCUT2D eigenvalue weighted by atomic mass is 32.2. The summed E-state index contributed by atoms with van der Waals surface area (Å²) in [7, 11) is -1.99. The zero-order valence-corrected chi connectivity index (χ0v) is 13.8. The number of anilines is 2. The number of rotatable bonds is 5. The van der Waals surface area contributed by atoms with Crippen LogP contribution in [0.1, 0.15) is 19.3 Å². The van der Waals surface area contributed by atoms with E-state index in [2.05, 4.69) is 15.2 Å². The normalized spacial score (nSPS) is 15.9. The van der Waals surface area contributed by atoms with E-state index in [1.165, 1.54) is 26.3 Å². The van der Waals surface area contributed by atoms with Gasteiger partial charge in [0.25, 0.3) is 0 Å². The van der Waals surface area contributed by atoms with E-state index in [9.17, 15) is 13.2 Å². The van der Waals surface area contributed by atoms with Gasteiger partial charge >= 0.3 is 0 Å². The maximum absolute atomic E-state index is 11.8. The van der Waals surface area contributed by atoms with E-state index in [0.717, 1.165) is 29.5 Å². The average Bonchev–Trinajstić information content (AvgIpc) is 2.48. The first-order valence-corrected chi connectivity index (χ1v) is 9.13. The van der Waals surface area contributed by atoms with Crippen LogP contribution in [0.5, 0.6) is 0 Å². The Balaban J connectivity index is 1.92. The fourth-order valence-corrected chi connectivity index (χ4v) is 2.64. The molecule has 1 aliphatic heterocycles. The van der Waals surface area contributed by atoms with E-state index in [0.29, 0.717) is 5.69 Å². The van der Waals surface area contributed by atoms with Crippen molar-refractivity contribution in [1.82, 2.24) is 9.29 Å². The van der Waals surface area contributed by atoms with Crippen molar-refractivity contribution in [2.24, 2.45) is 0 Å². The molecule has 1 saturated heterocycles. The van der Waals surface area contributed by atoms with Gasteiger partial charge in [-0.2, -0.15) is 4.31 Å². The second-order valence-electron chi connectivity index (χ2n) is 5.52. The lowest BCUT2D eigenvalue weighted by atomic mass is 10.1. The molecule has 1 aliphatic rings. The molecular weight excluding hydrogens is 304 g/mol. The molecule has 0 unspecified atom stereocenters. The largest absolute Gasteiger partial charge is 0.357 e. The molecule has 0 bridgehead atoms. The number of amides is 1. The Kier molecular flexibility index (Phi) is 5.36. The third kappa shape index (κ3) is 4.67. The molecule has 8 heteroatoms. The molecule has 1 fully saturated rings. The molecule has 0 aliphatic carbocycles. The number of likely N-dealkylation sites (N-methyl/N-ethyl adjacent to an activating group) is 1. The summed E-state index contributed by atoms with van der Waals surface area (Å²) >= 11 is 0. The highest BCUT2D eigenvalue weighted by Gasteiger charge is 2.16. The minimum atomic E-state index is -3.36. The Labute approximate surface area is 131 Å². The van der Waals surface area contributed by atoms with Crippen molar-refractivity contribution < 1.29 is 13.2 Å². The molecule has 1 N–H and O–H groups in total. The summed E-state index contributed by atoms with van der Waals surface area (Å²) in [6.45, 7) is 1.81. The monoisotopic (exact) mass is 326 g/mol. The second kappa shape index (κ2) is 7.06. The highest BCUT2D eigenvalue weighted by molar-refractivity contribution is 7.88. The second-order valence-corrected chi connectivity index (χ2v) is 7.61. The summed E-state index contributed by atoms with van der Waals surface area (Å²) in [6.07, 6.45) is 6.28. The van der Waals surface area contributed by atoms with E-state index >= 15 is 0 Å². The van der Waals surface area contributed by atoms with Gasteiger partial charge < -0.3 is 10.2 Å². The third-order valence-corrected chi connectivity index (χ3v) is 4.91. The van der Waals surface area contributed by atoms with Crippen LogP contribution in [0, 0.1) is 0 Å². The van der Waals surface area contributed by atoms with Crippen LogP contribution in [-0.4, -0.2) is 56.6 Å². The van der Waals surface area contributed by atoms with Gasteiger partial charge in [0.15, 0.2) is 0 Å². The van der Waals surface area contributed by atoms with E-state index < -0.39 is 10.0 Å². The molecule has 0 atom stereocenters. The van der Waals surface area contributed by atoms with Gasteiger partial charge in [0.05, 0.1) is 24.7 Å². The minimum Gasteiger partial charge on any atom is -0.357 e. The highest BCUT2D eigenvalue weighted by Crippen LogP contribution is 2.18. The van der Waals surface area contributed by atoms with Crippen LogP contribution in [0.15, 0.2) is 18.3 Å². The Morgan fingerprint density at radius 3 is 2.55 bits per heavy atom. The Morgan fingerprint density at radius 2 is 2.00 bits per heavy atom. The van der Waals surface area contributed by atoms with Gasteiger partial charge in [-0.05, 0) is 31.4 Å². The third-order valence-electron chi connectivity index (χ3n) is 3.64. The minimum absolute atomic E-state index is 0.216. The summed E-state index contributed by atoms with van der Waals surface area (Å²) in [6, 6.07) is 3.66. The van der Waals surface area contributed by atoms with Crippen LogP contribution < -0.4 is 10.2 Å². The predicted octanol–water partition coefficient (Wildman–Crippen LogP) is 0.902. The summed E-state index contributed by atoms with van der Waals surface area (Å²) < 4.78 is 23.5. The van der Waals surface area contributed by atoms with Crippen molar-refractivity contribution in [3.05, 3.63) is 18.3 Å². The standard InChI is InChI=1S/C14H22N4O3S/c1-17(22(2,20)21)11-14(19)16-12-6-7-13(15-10-12)18-8-4-3-5-9-18/h6-7,10H,3-5,8-9,11H2,1-2H3,(H,16,19). The topological polar surface area (TPSA) is 82.6 Å². The number of pyridine rings is 1. The van der Waals surface area contributed by atoms with Crippen molar-refractivity contribution in [2.45, 2.75) is 19.3 Å². The van der Waals surface area contributed by atoms with Gasteiger partial charge in [0, 0.05) is 20.1 Å². The van der Waals surface area contributed by atoms with Gasteiger partial charge in [-0.25, -0.2) is 13.4 Å². The molecular formula is C14H22N4O3S. The predicted molar refractivity (Wildman–Crippen MR) is 86.4 cm³/mol. The summed E-state index contributed by atoms with van der Waals surface area (Å²) in [4.78, 5) is 18.4. The van der Waals surface area contributed by atoms with Gasteiger partial charge in [-0.3, -0.25) is 4.79 Å². The van der Waals surface area contributed by atoms with Crippen molar-refractivity contribution in [3.8, 4) is 0 Å². The Hall–Kier alpha value is -1.67. The van der Waals surface area contributed by atoms with Gasteiger partial charge in [0.2, 0.25) is 15.9 Å². The lowest BCUT2D eigenvalue weighted by Gasteiger charge is -2.27. The van der Waals surface area contributed by atoms with Crippen molar-refractivity contribution in [1.29, 1.82) is 0 Å². The molecule has 1 aromatic heterocycles. The molecule has 122 valence electrons. The molecule has 1 amide bonds. The number of sulfonamides is 1.